The number of aromatic nitrogens is 1. The molecule has 0 spiro atoms. The van der Waals surface area contributed by atoms with Gasteiger partial charge in [0, 0.05) is 11.0 Å². The van der Waals surface area contributed by atoms with Gasteiger partial charge in [-0.3, -0.25) is 0 Å². The number of rotatable bonds is 2. The molecule has 2 aromatic heterocycles. The first-order valence-electron chi connectivity index (χ1n) is 5.89. The predicted molar refractivity (Wildman–Crippen MR) is 81.0 cm³/mol. The van der Waals surface area contributed by atoms with Gasteiger partial charge in [-0.1, -0.05) is 15.9 Å². The number of aromatic carboxylic acids is 1. The quantitative estimate of drug-likeness (QED) is 0.820. The number of fused-ring (bicyclic) bond motifs is 1. The van der Waals surface area contributed by atoms with Gasteiger partial charge in [-0.15, -0.1) is 11.3 Å². The summed E-state index contributed by atoms with van der Waals surface area (Å²) in [6, 6.07) is 3.30. The van der Waals surface area contributed by atoms with Gasteiger partial charge in [-0.2, -0.15) is 0 Å². The number of hydrogen-bond donors (Lipinski definition) is 1. The van der Waals surface area contributed by atoms with Gasteiger partial charge in [0.15, 0.2) is 0 Å². The minimum absolute atomic E-state index is 0.202. The molecular weight excluding hydrogens is 346 g/mol. The van der Waals surface area contributed by atoms with Crippen LogP contribution in [0.4, 0.5) is 4.79 Å². The Labute approximate surface area is 128 Å². The Balaban J connectivity index is 2.53. The van der Waals surface area contributed by atoms with Crippen LogP contribution in [0, 0.1) is 0 Å². The number of carbonyl (C=O) groups excluding carboxylic acids is 1. The Morgan fingerprint density at radius 3 is 2.55 bits per heavy atom. The van der Waals surface area contributed by atoms with E-state index in [0.717, 1.165) is 21.7 Å². The van der Waals surface area contributed by atoms with E-state index in [9.17, 15) is 9.59 Å². The molecule has 1 N–H and O–H groups in total. The van der Waals surface area contributed by atoms with Crippen LogP contribution in [-0.2, 0) is 10.1 Å². The fraction of sp³-hybridized carbons (Fsp3) is 0.385. The fourth-order valence-electron chi connectivity index (χ4n) is 1.77. The third kappa shape index (κ3) is 2.88. The summed E-state index contributed by atoms with van der Waals surface area (Å²) in [6.45, 7) is 5.36. The largest absolute Gasteiger partial charge is 0.477 e. The topological polar surface area (TPSA) is 68.5 Å². The lowest BCUT2D eigenvalue weighted by Gasteiger charge is -2.20. The van der Waals surface area contributed by atoms with E-state index in [2.05, 4.69) is 15.9 Å². The molecule has 0 aliphatic rings. The molecule has 0 aromatic carbocycles. The van der Waals surface area contributed by atoms with Crippen molar-refractivity contribution in [2.24, 2.45) is 0 Å². The van der Waals surface area contributed by atoms with Gasteiger partial charge in [0.2, 0.25) is 0 Å². The van der Waals surface area contributed by atoms with Gasteiger partial charge >= 0.3 is 12.1 Å². The van der Waals surface area contributed by atoms with E-state index >= 15 is 0 Å². The number of alkyl halides is 1. The Morgan fingerprint density at radius 2 is 2.05 bits per heavy atom. The molecule has 5 nitrogen and oxygen atoms in total. The molecule has 7 heteroatoms. The molecule has 0 atom stereocenters. The molecule has 0 bridgehead atoms. The third-order valence-corrected chi connectivity index (χ3v) is 4.12. The summed E-state index contributed by atoms with van der Waals surface area (Å²) in [7, 11) is 0. The van der Waals surface area contributed by atoms with Crippen molar-refractivity contribution in [1.82, 2.24) is 4.57 Å². The first-order valence-corrected chi connectivity index (χ1v) is 7.83. The second kappa shape index (κ2) is 5.21. The maximum Gasteiger partial charge on any atom is 0.419 e. The van der Waals surface area contributed by atoms with E-state index in [1.807, 2.05) is 0 Å². The van der Waals surface area contributed by atoms with E-state index in [4.69, 9.17) is 9.84 Å². The molecule has 0 saturated heterocycles. The molecule has 0 unspecified atom stereocenters. The predicted octanol–water partition coefficient (Wildman–Crippen LogP) is 4.08. The zero-order chi connectivity index (χ0) is 15.1. The average molecular weight is 360 g/mol. The molecule has 0 saturated carbocycles. The molecule has 2 heterocycles. The van der Waals surface area contributed by atoms with Crippen LogP contribution in [-0.4, -0.2) is 27.3 Å². The zero-order valence-corrected chi connectivity index (χ0v) is 13.7. The second-order valence-electron chi connectivity index (χ2n) is 5.25. The lowest BCUT2D eigenvalue weighted by Crippen LogP contribution is -2.27. The first-order chi connectivity index (χ1) is 9.23. The van der Waals surface area contributed by atoms with Crippen LogP contribution in [0.2, 0.25) is 0 Å². The monoisotopic (exact) mass is 359 g/mol. The summed E-state index contributed by atoms with van der Waals surface area (Å²) in [4.78, 5) is 23.5. The Hall–Kier alpha value is -1.34. The highest BCUT2D eigenvalue weighted by Gasteiger charge is 2.23. The number of carboxylic acid groups (broad SMARTS) is 1. The summed E-state index contributed by atoms with van der Waals surface area (Å²) in [6.07, 6.45) is -0.503. The van der Waals surface area contributed by atoms with Gasteiger partial charge in [0.05, 0.1) is 10.2 Å². The van der Waals surface area contributed by atoms with Crippen molar-refractivity contribution < 1.29 is 19.4 Å². The number of nitrogens with zero attached hydrogens (tertiary/aromatic N) is 1. The second-order valence-corrected chi connectivity index (χ2v) is 6.89. The molecule has 0 fully saturated rings. The minimum Gasteiger partial charge on any atom is -0.477 e. The van der Waals surface area contributed by atoms with Crippen molar-refractivity contribution in [2.45, 2.75) is 31.7 Å². The standard InChI is InChI=1S/C13H14BrNO4S/c1-13(2,3)19-12(18)15-7(6-14)4-9-8(15)5-10(20-9)11(16)17/h4-5H,6H2,1-3H3,(H,16,17). The lowest BCUT2D eigenvalue weighted by molar-refractivity contribution is 0.0540. The Kier molecular flexibility index (Phi) is 3.93. The van der Waals surface area contributed by atoms with E-state index in [0.29, 0.717) is 10.8 Å². The maximum atomic E-state index is 12.3. The van der Waals surface area contributed by atoms with Crippen molar-refractivity contribution in [3.05, 3.63) is 22.7 Å². The molecule has 108 valence electrons. The molecule has 2 rings (SSSR count). The number of halogens is 1. The summed E-state index contributed by atoms with van der Waals surface area (Å²) in [5.41, 5.74) is 0.691. The third-order valence-electron chi connectivity index (χ3n) is 2.49. The van der Waals surface area contributed by atoms with Gasteiger partial charge in [-0.05, 0) is 32.9 Å². The van der Waals surface area contributed by atoms with E-state index in [-0.39, 0.29) is 4.88 Å². The van der Waals surface area contributed by atoms with Crippen LogP contribution < -0.4 is 0 Å². The number of carbonyl (C=O) groups is 2. The van der Waals surface area contributed by atoms with Crippen molar-refractivity contribution in [1.29, 1.82) is 0 Å². The summed E-state index contributed by atoms with van der Waals surface area (Å²) < 4.78 is 7.53. The van der Waals surface area contributed by atoms with Crippen LogP contribution in [0.1, 0.15) is 36.1 Å². The Morgan fingerprint density at radius 1 is 1.40 bits per heavy atom. The van der Waals surface area contributed by atoms with Crippen molar-refractivity contribution in [3.63, 3.8) is 0 Å². The summed E-state index contributed by atoms with van der Waals surface area (Å²) >= 11 is 4.47. The summed E-state index contributed by atoms with van der Waals surface area (Å²) in [5.74, 6) is -0.998. The molecule has 2 aromatic rings. The minimum atomic E-state index is -0.998. The van der Waals surface area contributed by atoms with Crippen LogP contribution in [0.15, 0.2) is 12.1 Å². The number of ether oxygens (including phenoxy) is 1. The van der Waals surface area contributed by atoms with Crippen LogP contribution in [0.25, 0.3) is 10.2 Å². The molecule has 0 aliphatic carbocycles. The highest BCUT2D eigenvalue weighted by Crippen LogP contribution is 2.30. The van der Waals surface area contributed by atoms with Crippen molar-refractivity contribution >= 4 is 49.5 Å². The average Bonchev–Trinajstić information content (AvgIpc) is 2.81. The van der Waals surface area contributed by atoms with Crippen LogP contribution >= 0.6 is 27.3 Å². The normalized spacial score (nSPS) is 11.8. The Bertz CT molecular complexity index is 680. The fourth-order valence-corrected chi connectivity index (χ4v) is 3.13. The molecule has 20 heavy (non-hydrogen) atoms. The highest BCUT2D eigenvalue weighted by molar-refractivity contribution is 9.08. The highest BCUT2D eigenvalue weighted by atomic mass is 79.9. The SMILES string of the molecule is CC(C)(C)OC(=O)n1c(CBr)cc2sc(C(=O)O)cc21. The van der Waals surface area contributed by atoms with E-state index in [1.54, 1.807) is 26.8 Å². The summed E-state index contributed by atoms with van der Waals surface area (Å²) in [5, 5.41) is 9.50. The maximum absolute atomic E-state index is 12.3. The smallest absolute Gasteiger partial charge is 0.419 e. The van der Waals surface area contributed by atoms with Crippen molar-refractivity contribution in [2.75, 3.05) is 0 Å². The van der Waals surface area contributed by atoms with Crippen LogP contribution in [0.3, 0.4) is 0 Å². The van der Waals surface area contributed by atoms with Crippen LogP contribution in [0.5, 0.6) is 0 Å². The molecule has 0 aliphatic heterocycles. The van der Waals surface area contributed by atoms with Gasteiger partial charge in [-0.25, -0.2) is 14.2 Å². The van der Waals surface area contributed by atoms with E-state index < -0.39 is 17.7 Å². The molecule has 0 radical (unpaired) electrons. The molecule has 0 amide bonds. The van der Waals surface area contributed by atoms with Gasteiger partial charge < -0.3 is 9.84 Å². The van der Waals surface area contributed by atoms with Gasteiger partial charge in [0.1, 0.15) is 10.5 Å². The zero-order valence-electron chi connectivity index (χ0n) is 11.3. The van der Waals surface area contributed by atoms with Gasteiger partial charge in [0.25, 0.3) is 0 Å². The molecular formula is C13H14BrNO4S. The number of thiophene rings is 1. The first kappa shape index (κ1) is 15.1. The lowest BCUT2D eigenvalue weighted by atomic mass is 10.2. The van der Waals surface area contributed by atoms with E-state index in [1.165, 1.54) is 10.6 Å². The number of hydrogen-bond acceptors (Lipinski definition) is 4. The number of carboxylic acids is 1. The van der Waals surface area contributed by atoms with Crippen molar-refractivity contribution in [3.8, 4) is 0 Å².